The Labute approximate surface area is 111 Å². The molecule has 16 heavy (non-hydrogen) atoms. The lowest BCUT2D eigenvalue weighted by Crippen LogP contribution is -2.20. The highest BCUT2D eigenvalue weighted by atomic mass is 35.6. The molecule has 0 radical (unpaired) electrons. The monoisotopic (exact) mass is 278 g/mol. The van der Waals surface area contributed by atoms with Gasteiger partial charge in [0, 0.05) is 5.56 Å². The third kappa shape index (κ3) is 3.38. The van der Waals surface area contributed by atoms with Crippen LogP contribution in [0, 0.1) is 0 Å². The second kappa shape index (κ2) is 4.56. The normalized spacial score (nSPS) is 12.6. The number of carbonyl (C=O) groups is 1. The number of hydrogen-bond donors (Lipinski definition) is 0. The van der Waals surface area contributed by atoms with E-state index in [1.54, 1.807) is 18.2 Å². The predicted octanol–water partition coefficient (Wildman–Crippen LogP) is 4.54. The van der Waals surface area contributed by atoms with Crippen LogP contribution in [-0.4, -0.2) is 9.58 Å². The van der Waals surface area contributed by atoms with Gasteiger partial charge in [-0.2, -0.15) is 0 Å². The molecule has 0 unspecified atom stereocenters. The summed E-state index contributed by atoms with van der Waals surface area (Å²) in [5, 5.41) is 0. The van der Waals surface area contributed by atoms with Crippen molar-refractivity contribution in [3.05, 3.63) is 35.4 Å². The summed E-state index contributed by atoms with van der Waals surface area (Å²) in [7, 11) is 0. The van der Waals surface area contributed by atoms with E-state index in [9.17, 15) is 4.79 Å². The molecule has 0 atom stereocenters. The van der Waals surface area contributed by atoms with Crippen LogP contribution >= 0.6 is 34.8 Å². The van der Waals surface area contributed by atoms with E-state index in [2.05, 4.69) is 20.8 Å². The summed E-state index contributed by atoms with van der Waals surface area (Å²) in [6.45, 7) is 6.18. The number of Topliss-reactive ketones (excluding diaryl/α,β-unsaturated/α-hetero) is 1. The molecule has 1 aromatic carbocycles. The van der Waals surface area contributed by atoms with Crippen molar-refractivity contribution in [1.82, 2.24) is 0 Å². The first-order valence-electron chi connectivity index (χ1n) is 4.84. The van der Waals surface area contributed by atoms with E-state index >= 15 is 0 Å². The van der Waals surface area contributed by atoms with Crippen molar-refractivity contribution in [2.24, 2.45) is 0 Å². The number of carbonyl (C=O) groups excluding carboxylic acids is 1. The number of benzene rings is 1. The molecular formula is C12H13Cl3O. The molecule has 0 aliphatic carbocycles. The molecule has 0 amide bonds. The highest BCUT2D eigenvalue weighted by molar-refractivity contribution is 6.77. The Kier molecular flexibility index (Phi) is 3.94. The van der Waals surface area contributed by atoms with Gasteiger partial charge in [0.1, 0.15) is 0 Å². The van der Waals surface area contributed by atoms with Gasteiger partial charge in [-0.1, -0.05) is 73.8 Å². The largest absolute Gasteiger partial charge is 0.289 e. The van der Waals surface area contributed by atoms with Crippen molar-refractivity contribution < 1.29 is 4.79 Å². The highest BCUT2D eigenvalue weighted by Gasteiger charge is 2.32. The van der Waals surface area contributed by atoms with Crippen LogP contribution in [0.5, 0.6) is 0 Å². The molecule has 0 aromatic heterocycles. The SMILES string of the molecule is CC(C)(C)c1cccc(C(=O)C(Cl)(Cl)Cl)c1. The Hall–Kier alpha value is -0.240. The average molecular weight is 280 g/mol. The lowest BCUT2D eigenvalue weighted by Gasteiger charge is -2.20. The summed E-state index contributed by atoms with van der Waals surface area (Å²) in [5.41, 5.74) is 1.42. The molecule has 1 rings (SSSR count). The van der Waals surface area contributed by atoms with Crippen molar-refractivity contribution in [1.29, 1.82) is 0 Å². The molecule has 0 aliphatic heterocycles. The maximum Gasteiger partial charge on any atom is 0.253 e. The summed E-state index contributed by atoms with van der Waals surface area (Å²) < 4.78 is -1.89. The first-order chi connectivity index (χ1) is 7.12. The van der Waals surface area contributed by atoms with Crippen LogP contribution in [0.4, 0.5) is 0 Å². The van der Waals surface area contributed by atoms with Crippen molar-refractivity contribution >= 4 is 40.6 Å². The van der Waals surface area contributed by atoms with Crippen LogP contribution in [0.1, 0.15) is 36.7 Å². The zero-order valence-electron chi connectivity index (χ0n) is 9.35. The van der Waals surface area contributed by atoms with Crippen molar-refractivity contribution in [2.75, 3.05) is 0 Å². The zero-order chi connectivity index (χ0) is 12.6. The minimum Gasteiger partial charge on any atom is -0.289 e. The Morgan fingerprint density at radius 3 is 2.12 bits per heavy atom. The lowest BCUT2D eigenvalue weighted by molar-refractivity contribution is 0.0996. The third-order valence-electron chi connectivity index (χ3n) is 2.25. The highest BCUT2D eigenvalue weighted by Crippen LogP contribution is 2.31. The number of halogens is 3. The Morgan fingerprint density at radius 2 is 1.69 bits per heavy atom. The van der Waals surface area contributed by atoms with E-state index in [0.29, 0.717) is 5.56 Å². The van der Waals surface area contributed by atoms with E-state index in [4.69, 9.17) is 34.8 Å². The molecule has 0 N–H and O–H groups in total. The minimum atomic E-state index is -1.89. The number of rotatable bonds is 1. The predicted molar refractivity (Wildman–Crippen MR) is 69.8 cm³/mol. The van der Waals surface area contributed by atoms with Gasteiger partial charge in [-0.15, -0.1) is 0 Å². The second-order valence-corrected chi connectivity index (χ2v) is 6.94. The first-order valence-corrected chi connectivity index (χ1v) is 5.98. The Balaban J connectivity index is 3.14. The van der Waals surface area contributed by atoms with Gasteiger partial charge < -0.3 is 0 Å². The molecule has 1 nitrogen and oxygen atoms in total. The van der Waals surface area contributed by atoms with Crippen molar-refractivity contribution in [3.8, 4) is 0 Å². The summed E-state index contributed by atoms with van der Waals surface area (Å²) in [4.78, 5) is 11.7. The smallest absolute Gasteiger partial charge is 0.253 e. The summed E-state index contributed by atoms with van der Waals surface area (Å²) in [5.74, 6) is -0.497. The number of alkyl halides is 3. The zero-order valence-corrected chi connectivity index (χ0v) is 11.6. The van der Waals surface area contributed by atoms with Gasteiger partial charge in [-0.3, -0.25) is 4.79 Å². The van der Waals surface area contributed by atoms with Gasteiger partial charge in [0.2, 0.25) is 5.78 Å². The Morgan fingerprint density at radius 1 is 1.12 bits per heavy atom. The standard InChI is InChI=1S/C12H13Cl3O/c1-11(2,3)9-6-4-5-8(7-9)10(16)12(13,14)15/h4-7H,1-3H3. The molecule has 1 aromatic rings. The quantitative estimate of drug-likeness (QED) is 0.545. The fraction of sp³-hybridized carbons (Fsp3) is 0.417. The van der Waals surface area contributed by atoms with Crippen LogP contribution < -0.4 is 0 Å². The molecular weight excluding hydrogens is 266 g/mol. The molecule has 0 spiro atoms. The second-order valence-electron chi connectivity index (χ2n) is 4.66. The summed E-state index contributed by atoms with van der Waals surface area (Å²) in [6.07, 6.45) is 0. The van der Waals surface area contributed by atoms with Crippen molar-refractivity contribution in [3.63, 3.8) is 0 Å². The van der Waals surface area contributed by atoms with Gasteiger partial charge in [-0.05, 0) is 17.0 Å². The third-order valence-corrected chi connectivity index (χ3v) is 2.76. The van der Waals surface area contributed by atoms with E-state index in [1.165, 1.54) is 0 Å². The van der Waals surface area contributed by atoms with Crippen LogP contribution in [0.2, 0.25) is 0 Å². The molecule has 0 saturated heterocycles. The van der Waals surface area contributed by atoms with Gasteiger partial charge in [0.15, 0.2) is 0 Å². The molecule has 0 bridgehead atoms. The first kappa shape index (κ1) is 13.8. The van der Waals surface area contributed by atoms with Crippen LogP contribution in [-0.2, 0) is 5.41 Å². The summed E-state index contributed by atoms with van der Waals surface area (Å²) >= 11 is 16.7. The fourth-order valence-electron chi connectivity index (χ4n) is 1.29. The van der Waals surface area contributed by atoms with Gasteiger partial charge >= 0.3 is 0 Å². The molecule has 0 aliphatic rings. The summed E-state index contributed by atoms with van der Waals surface area (Å²) in [6, 6.07) is 7.17. The topological polar surface area (TPSA) is 17.1 Å². The molecule has 4 heteroatoms. The average Bonchev–Trinajstić information content (AvgIpc) is 2.14. The Bertz CT molecular complexity index is 399. The van der Waals surface area contributed by atoms with Crippen molar-refractivity contribution in [2.45, 2.75) is 30.0 Å². The lowest BCUT2D eigenvalue weighted by atomic mass is 9.86. The number of ketones is 1. The van der Waals surface area contributed by atoms with Gasteiger partial charge in [0.05, 0.1) is 0 Å². The van der Waals surface area contributed by atoms with Gasteiger partial charge in [0.25, 0.3) is 3.79 Å². The van der Waals surface area contributed by atoms with Gasteiger partial charge in [-0.25, -0.2) is 0 Å². The van der Waals surface area contributed by atoms with Crippen LogP contribution in [0.15, 0.2) is 24.3 Å². The fourth-order valence-corrected chi connectivity index (χ4v) is 1.62. The van der Waals surface area contributed by atoms with E-state index < -0.39 is 9.58 Å². The molecule has 88 valence electrons. The van der Waals surface area contributed by atoms with E-state index in [-0.39, 0.29) is 5.41 Å². The van der Waals surface area contributed by atoms with Crippen LogP contribution in [0.3, 0.4) is 0 Å². The van der Waals surface area contributed by atoms with E-state index in [0.717, 1.165) is 5.56 Å². The molecule has 0 saturated carbocycles. The number of hydrogen-bond acceptors (Lipinski definition) is 1. The maximum absolute atomic E-state index is 11.7. The van der Waals surface area contributed by atoms with Crippen LogP contribution in [0.25, 0.3) is 0 Å². The molecule has 0 heterocycles. The maximum atomic E-state index is 11.7. The molecule has 0 fully saturated rings. The minimum absolute atomic E-state index is 0.0378. The van der Waals surface area contributed by atoms with E-state index in [1.807, 2.05) is 6.07 Å².